The van der Waals surface area contributed by atoms with Crippen LogP contribution in [-0.4, -0.2) is 29.8 Å². The number of amides is 2. The summed E-state index contributed by atoms with van der Waals surface area (Å²) in [7, 11) is 0. The summed E-state index contributed by atoms with van der Waals surface area (Å²) < 4.78 is 0.663. The third-order valence-corrected chi connectivity index (χ3v) is 3.51. The third kappa shape index (κ3) is 2.00. The van der Waals surface area contributed by atoms with E-state index in [1.807, 2.05) is 6.92 Å². The second-order valence-electron chi connectivity index (χ2n) is 4.22. The molecule has 0 aliphatic carbocycles. The van der Waals surface area contributed by atoms with Crippen LogP contribution in [-0.2, 0) is 0 Å². The highest BCUT2D eigenvalue weighted by molar-refractivity contribution is 9.10. The SMILES string of the molecule is CC(CN)CN1C(=O)c2cccc(Br)c2C1=O. The number of halogens is 1. The van der Waals surface area contributed by atoms with Gasteiger partial charge in [0.05, 0.1) is 11.1 Å². The van der Waals surface area contributed by atoms with Gasteiger partial charge in [-0.1, -0.05) is 13.0 Å². The Hall–Kier alpha value is -1.20. The zero-order valence-electron chi connectivity index (χ0n) is 9.44. The Kier molecular flexibility index (Phi) is 3.31. The Morgan fingerprint density at radius 3 is 2.65 bits per heavy atom. The Labute approximate surface area is 108 Å². The minimum absolute atomic E-state index is 0.107. The number of fused-ring (bicyclic) bond motifs is 1. The zero-order chi connectivity index (χ0) is 12.6. The smallest absolute Gasteiger partial charge is 0.262 e. The van der Waals surface area contributed by atoms with Crippen molar-refractivity contribution in [1.29, 1.82) is 0 Å². The Morgan fingerprint density at radius 2 is 2.06 bits per heavy atom. The average molecular weight is 297 g/mol. The molecule has 0 fully saturated rings. The predicted molar refractivity (Wildman–Crippen MR) is 67.7 cm³/mol. The molecule has 1 unspecified atom stereocenters. The van der Waals surface area contributed by atoms with E-state index in [2.05, 4.69) is 15.9 Å². The second kappa shape index (κ2) is 4.58. The van der Waals surface area contributed by atoms with Gasteiger partial charge in [-0.25, -0.2) is 0 Å². The van der Waals surface area contributed by atoms with Crippen molar-refractivity contribution in [2.45, 2.75) is 6.92 Å². The van der Waals surface area contributed by atoms with Gasteiger partial charge in [0.15, 0.2) is 0 Å². The van der Waals surface area contributed by atoms with E-state index in [0.717, 1.165) is 0 Å². The van der Waals surface area contributed by atoms with Crippen molar-refractivity contribution in [3.63, 3.8) is 0 Å². The lowest BCUT2D eigenvalue weighted by molar-refractivity contribution is 0.0634. The fourth-order valence-electron chi connectivity index (χ4n) is 1.84. The fourth-order valence-corrected chi connectivity index (χ4v) is 2.38. The summed E-state index contributed by atoms with van der Waals surface area (Å²) in [6, 6.07) is 5.19. The summed E-state index contributed by atoms with van der Waals surface area (Å²) in [5, 5.41) is 0. The monoisotopic (exact) mass is 296 g/mol. The van der Waals surface area contributed by atoms with Crippen molar-refractivity contribution in [1.82, 2.24) is 4.90 Å². The lowest BCUT2D eigenvalue weighted by Crippen LogP contribution is -2.36. The summed E-state index contributed by atoms with van der Waals surface area (Å²) in [6.07, 6.45) is 0. The molecule has 0 radical (unpaired) electrons. The first-order valence-electron chi connectivity index (χ1n) is 5.41. The van der Waals surface area contributed by atoms with Gasteiger partial charge in [0.2, 0.25) is 0 Å². The van der Waals surface area contributed by atoms with Crippen LogP contribution in [0.3, 0.4) is 0 Å². The van der Waals surface area contributed by atoms with Gasteiger partial charge in [0.1, 0.15) is 0 Å². The fraction of sp³-hybridized carbons (Fsp3) is 0.333. The number of rotatable bonds is 3. The summed E-state index contributed by atoms with van der Waals surface area (Å²) >= 11 is 3.30. The van der Waals surface area contributed by atoms with E-state index in [9.17, 15) is 9.59 Å². The van der Waals surface area contributed by atoms with Crippen LogP contribution in [0.5, 0.6) is 0 Å². The lowest BCUT2D eigenvalue weighted by atomic mass is 10.1. The van der Waals surface area contributed by atoms with Crippen molar-refractivity contribution in [2.75, 3.05) is 13.1 Å². The molecular formula is C12H13BrN2O2. The number of carbonyl (C=O) groups is 2. The zero-order valence-corrected chi connectivity index (χ0v) is 11.0. The molecule has 17 heavy (non-hydrogen) atoms. The first kappa shape index (κ1) is 12.3. The van der Waals surface area contributed by atoms with Gasteiger partial charge in [0, 0.05) is 11.0 Å². The molecule has 1 aromatic rings. The number of imide groups is 1. The quantitative estimate of drug-likeness (QED) is 0.863. The molecule has 0 saturated heterocycles. The standard InChI is InChI=1S/C12H13BrN2O2/c1-7(5-14)6-15-11(16)8-3-2-4-9(13)10(8)12(15)17/h2-4,7H,5-6,14H2,1H3. The highest BCUT2D eigenvalue weighted by Gasteiger charge is 2.37. The summed E-state index contributed by atoms with van der Waals surface area (Å²) in [6.45, 7) is 2.74. The largest absolute Gasteiger partial charge is 0.330 e. The van der Waals surface area contributed by atoms with Gasteiger partial charge in [-0.15, -0.1) is 0 Å². The molecule has 4 nitrogen and oxygen atoms in total. The molecule has 0 aromatic heterocycles. The number of nitrogens with two attached hydrogens (primary N) is 1. The first-order valence-corrected chi connectivity index (χ1v) is 6.20. The number of hydrogen-bond donors (Lipinski definition) is 1. The summed E-state index contributed by atoms with van der Waals surface area (Å²) in [5.41, 5.74) is 6.44. The molecule has 5 heteroatoms. The van der Waals surface area contributed by atoms with E-state index in [-0.39, 0.29) is 17.7 Å². The molecular weight excluding hydrogens is 284 g/mol. The predicted octanol–water partition coefficient (Wildman–Crippen LogP) is 1.64. The van der Waals surface area contributed by atoms with E-state index in [4.69, 9.17) is 5.73 Å². The molecule has 2 amide bonds. The molecule has 0 bridgehead atoms. The molecule has 0 spiro atoms. The molecule has 2 rings (SSSR count). The van der Waals surface area contributed by atoms with Crippen LogP contribution in [0.15, 0.2) is 22.7 Å². The van der Waals surface area contributed by atoms with E-state index in [1.54, 1.807) is 18.2 Å². The Balaban J connectivity index is 2.36. The van der Waals surface area contributed by atoms with Crippen LogP contribution < -0.4 is 5.73 Å². The number of carbonyl (C=O) groups excluding carboxylic acids is 2. The highest BCUT2D eigenvalue weighted by Crippen LogP contribution is 2.29. The molecule has 1 heterocycles. The molecule has 2 N–H and O–H groups in total. The van der Waals surface area contributed by atoms with Crippen LogP contribution in [0.25, 0.3) is 0 Å². The van der Waals surface area contributed by atoms with Gasteiger partial charge in [-0.3, -0.25) is 14.5 Å². The molecule has 90 valence electrons. The number of benzene rings is 1. The van der Waals surface area contributed by atoms with E-state index in [0.29, 0.717) is 28.7 Å². The van der Waals surface area contributed by atoms with Gasteiger partial charge < -0.3 is 5.73 Å². The van der Waals surface area contributed by atoms with Crippen molar-refractivity contribution in [3.05, 3.63) is 33.8 Å². The van der Waals surface area contributed by atoms with Crippen LogP contribution in [0.2, 0.25) is 0 Å². The minimum atomic E-state index is -0.238. The Morgan fingerprint density at radius 1 is 1.35 bits per heavy atom. The summed E-state index contributed by atoms with van der Waals surface area (Å²) in [5.74, 6) is -0.361. The topological polar surface area (TPSA) is 63.4 Å². The van der Waals surface area contributed by atoms with E-state index in [1.165, 1.54) is 4.90 Å². The molecule has 1 aliphatic heterocycles. The van der Waals surface area contributed by atoms with Gasteiger partial charge in [0.25, 0.3) is 11.8 Å². The molecule has 1 aliphatic rings. The summed E-state index contributed by atoms with van der Waals surface area (Å²) in [4.78, 5) is 25.4. The number of nitrogens with zero attached hydrogens (tertiary/aromatic N) is 1. The van der Waals surface area contributed by atoms with Crippen LogP contribution in [0.4, 0.5) is 0 Å². The van der Waals surface area contributed by atoms with Crippen LogP contribution in [0, 0.1) is 5.92 Å². The van der Waals surface area contributed by atoms with Gasteiger partial charge in [-0.2, -0.15) is 0 Å². The maximum atomic E-state index is 12.1. The minimum Gasteiger partial charge on any atom is -0.330 e. The maximum Gasteiger partial charge on any atom is 0.262 e. The third-order valence-electron chi connectivity index (χ3n) is 2.84. The van der Waals surface area contributed by atoms with Crippen molar-refractivity contribution >= 4 is 27.7 Å². The van der Waals surface area contributed by atoms with E-state index < -0.39 is 0 Å². The normalized spacial score (nSPS) is 16.3. The second-order valence-corrected chi connectivity index (χ2v) is 5.08. The maximum absolute atomic E-state index is 12.1. The van der Waals surface area contributed by atoms with Crippen LogP contribution >= 0.6 is 15.9 Å². The lowest BCUT2D eigenvalue weighted by Gasteiger charge is -2.17. The average Bonchev–Trinajstić information content (AvgIpc) is 2.55. The molecule has 1 aromatic carbocycles. The highest BCUT2D eigenvalue weighted by atomic mass is 79.9. The van der Waals surface area contributed by atoms with Crippen molar-refractivity contribution in [2.24, 2.45) is 11.7 Å². The van der Waals surface area contributed by atoms with Gasteiger partial charge in [-0.05, 0) is 40.5 Å². The molecule has 1 atom stereocenters. The van der Waals surface area contributed by atoms with Crippen molar-refractivity contribution in [3.8, 4) is 0 Å². The van der Waals surface area contributed by atoms with Gasteiger partial charge >= 0.3 is 0 Å². The van der Waals surface area contributed by atoms with Crippen LogP contribution in [0.1, 0.15) is 27.6 Å². The number of hydrogen-bond acceptors (Lipinski definition) is 3. The van der Waals surface area contributed by atoms with E-state index >= 15 is 0 Å². The molecule has 0 saturated carbocycles. The Bertz CT molecular complexity index is 487. The first-order chi connectivity index (χ1) is 8.06. The van der Waals surface area contributed by atoms with Crippen molar-refractivity contribution < 1.29 is 9.59 Å².